The van der Waals surface area contributed by atoms with E-state index < -0.39 is 5.54 Å². The monoisotopic (exact) mass is 435 g/mol. The third-order valence-corrected chi connectivity index (χ3v) is 6.45. The van der Waals surface area contributed by atoms with Gasteiger partial charge in [0.25, 0.3) is 5.91 Å². The van der Waals surface area contributed by atoms with Gasteiger partial charge in [0.1, 0.15) is 23.0 Å². The van der Waals surface area contributed by atoms with E-state index in [1.807, 2.05) is 40.8 Å². The first-order valence-corrected chi connectivity index (χ1v) is 10.7. The quantitative estimate of drug-likeness (QED) is 0.626. The highest BCUT2D eigenvalue weighted by Crippen LogP contribution is 2.41. The van der Waals surface area contributed by atoms with E-state index in [2.05, 4.69) is 10.3 Å². The standard InChI is InChI=1S/C23H25N5O4/c1-16-13-17(25-32-16)15-27-20-7-10-24-28(20)23(14-21(27)29)8-11-26(12-9-23)22(30)18-5-3-4-6-19(18)31-2/h3-7,10,13H,8-9,11-12,14-15H2,1-2H3. The molecule has 32 heavy (non-hydrogen) atoms. The number of likely N-dealkylation sites (tertiary alicyclic amines) is 1. The molecule has 5 rings (SSSR count). The second-order valence-electron chi connectivity index (χ2n) is 8.40. The number of fused-ring (bicyclic) bond motifs is 2. The van der Waals surface area contributed by atoms with Crippen molar-refractivity contribution in [2.45, 2.75) is 38.3 Å². The third-order valence-electron chi connectivity index (χ3n) is 6.45. The number of ether oxygens (including phenoxy) is 1. The zero-order chi connectivity index (χ0) is 22.3. The maximum Gasteiger partial charge on any atom is 0.257 e. The Balaban J connectivity index is 1.36. The van der Waals surface area contributed by atoms with E-state index in [-0.39, 0.29) is 11.8 Å². The van der Waals surface area contributed by atoms with Crippen molar-refractivity contribution in [1.29, 1.82) is 0 Å². The average molecular weight is 435 g/mol. The molecule has 0 N–H and O–H groups in total. The Bertz CT molecular complexity index is 1160. The largest absolute Gasteiger partial charge is 0.496 e. The van der Waals surface area contributed by atoms with Crippen LogP contribution in [0.15, 0.2) is 47.1 Å². The van der Waals surface area contributed by atoms with Gasteiger partial charge in [0.2, 0.25) is 5.91 Å². The van der Waals surface area contributed by atoms with Gasteiger partial charge in [0, 0.05) is 25.2 Å². The molecule has 4 heterocycles. The summed E-state index contributed by atoms with van der Waals surface area (Å²) in [4.78, 5) is 29.8. The number of rotatable bonds is 4. The van der Waals surface area contributed by atoms with E-state index in [0.29, 0.717) is 61.7 Å². The predicted molar refractivity (Wildman–Crippen MR) is 115 cm³/mol. The van der Waals surface area contributed by atoms with Crippen molar-refractivity contribution >= 4 is 17.6 Å². The molecule has 1 saturated heterocycles. The van der Waals surface area contributed by atoms with Gasteiger partial charge in [-0.3, -0.25) is 14.5 Å². The second kappa shape index (κ2) is 7.81. The van der Waals surface area contributed by atoms with Crippen LogP contribution in [0.3, 0.4) is 0 Å². The number of aryl methyl sites for hydroxylation is 1. The van der Waals surface area contributed by atoms with Crippen LogP contribution in [0, 0.1) is 6.92 Å². The molecular formula is C23H25N5O4. The van der Waals surface area contributed by atoms with Gasteiger partial charge in [-0.2, -0.15) is 5.10 Å². The van der Waals surface area contributed by atoms with E-state index >= 15 is 0 Å². The summed E-state index contributed by atoms with van der Waals surface area (Å²) in [5, 5.41) is 8.60. The first kappa shape index (κ1) is 20.3. The van der Waals surface area contributed by atoms with Crippen molar-refractivity contribution in [3.05, 3.63) is 59.6 Å². The molecule has 0 radical (unpaired) electrons. The summed E-state index contributed by atoms with van der Waals surface area (Å²) in [6.07, 6.45) is 3.38. The van der Waals surface area contributed by atoms with E-state index in [0.717, 1.165) is 5.82 Å². The van der Waals surface area contributed by atoms with E-state index in [1.165, 1.54) is 0 Å². The highest BCUT2D eigenvalue weighted by Gasteiger charge is 2.46. The summed E-state index contributed by atoms with van der Waals surface area (Å²) in [5.41, 5.74) is 0.834. The molecule has 1 spiro atoms. The number of para-hydroxylation sites is 1. The first-order valence-electron chi connectivity index (χ1n) is 10.7. The molecule has 0 aliphatic carbocycles. The molecule has 0 unspecified atom stereocenters. The zero-order valence-electron chi connectivity index (χ0n) is 18.2. The fraction of sp³-hybridized carbons (Fsp3) is 0.391. The number of methoxy groups -OCH3 is 1. The summed E-state index contributed by atoms with van der Waals surface area (Å²) >= 11 is 0. The average Bonchev–Trinajstić information content (AvgIpc) is 3.46. The lowest BCUT2D eigenvalue weighted by atomic mass is 9.82. The topological polar surface area (TPSA) is 93.7 Å². The number of benzene rings is 1. The molecule has 9 heteroatoms. The molecule has 1 aromatic carbocycles. The minimum absolute atomic E-state index is 0.0307. The summed E-state index contributed by atoms with van der Waals surface area (Å²) in [7, 11) is 1.57. The van der Waals surface area contributed by atoms with Crippen molar-refractivity contribution < 1.29 is 18.8 Å². The molecule has 3 aromatic rings. The van der Waals surface area contributed by atoms with Gasteiger partial charge in [-0.15, -0.1) is 0 Å². The zero-order valence-corrected chi connectivity index (χ0v) is 18.2. The van der Waals surface area contributed by atoms with Crippen LogP contribution in [0.2, 0.25) is 0 Å². The van der Waals surface area contributed by atoms with Crippen molar-refractivity contribution in [3.8, 4) is 5.75 Å². The molecule has 1 fully saturated rings. The molecule has 9 nitrogen and oxygen atoms in total. The van der Waals surface area contributed by atoms with Crippen LogP contribution < -0.4 is 9.64 Å². The first-order chi connectivity index (χ1) is 15.5. The van der Waals surface area contributed by atoms with Crippen molar-refractivity contribution in [3.63, 3.8) is 0 Å². The lowest BCUT2D eigenvalue weighted by Gasteiger charge is -2.46. The summed E-state index contributed by atoms with van der Waals surface area (Å²) < 4.78 is 12.5. The second-order valence-corrected chi connectivity index (χ2v) is 8.40. The summed E-state index contributed by atoms with van der Waals surface area (Å²) in [5.74, 6) is 2.01. The van der Waals surface area contributed by atoms with Crippen LogP contribution >= 0.6 is 0 Å². The Hall–Kier alpha value is -3.62. The minimum Gasteiger partial charge on any atom is -0.496 e. The molecule has 0 atom stereocenters. The van der Waals surface area contributed by atoms with Crippen LogP contribution in [0.25, 0.3) is 0 Å². The van der Waals surface area contributed by atoms with Crippen LogP contribution in [-0.2, 0) is 16.9 Å². The molecule has 2 aromatic heterocycles. The lowest BCUT2D eigenvalue weighted by molar-refractivity contribution is -0.123. The minimum atomic E-state index is -0.427. The highest BCUT2D eigenvalue weighted by molar-refractivity contribution is 5.97. The van der Waals surface area contributed by atoms with Gasteiger partial charge in [-0.25, -0.2) is 4.68 Å². The Labute approximate surface area is 185 Å². The number of hydrogen-bond donors (Lipinski definition) is 0. The third kappa shape index (κ3) is 3.34. The summed E-state index contributed by atoms with van der Waals surface area (Å²) in [6, 6.07) is 10.9. The normalized spacial score (nSPS) is 17.5. The molecule has 2 aliphatic heterocycles. The molecule has 0 saturated carbocycles. The van der Waals surface area contributed by atoms with Crippen molar-refractivity contribution in [1.82, 2.24) is 19.8 Å². The number of carbonyl (C=O) groups excluding carboxylic acids is 2. The van der Waals surface area contributed by atoms with Gasteiger partial charge in [0.15, 0.2) is 0 Å². The predicted octanol–water partition coefficient (Wildman–Crippen LogP) is 2.76. The number of piperidine rings is 1. The van der Waals surface area contributed by atoms with Crippen LogP contribution in [0.4, 0.5) is 5.82 Å². The fourth-order valence-corrected chi connectivity index (χ4v) is 4.78. The highest BCUT2D eigenvalue weighted by atomic mass is 16.5. The van der Waals surface area contributed by atoms with Gasteiger partial charge < -0.3 is 14.2 Å². The molecule has 0 bridgehead atoms. The van der Waals surface area contributed by atoms with Gasteiger partial charge in [0.05, 0.1) is 37.4 Å². The Morgan fingerprint density at radius 1 is 1.22 bits per heavy atom. The molecule has 2 aliphatic rings. The smallest absolute Gasteiger partial charge is 0.257 e. The van der Waals surface area contributed by atoms with Crippen LogP contribution in [-0.4, -0.2) is 51.9 Å². The number of anilines is 1. The number of nitrogens with zero attached hydrogens (tertiary/aromatic N) is 5. The molecular weight excluding hydrogens is 410 g/mol. The van der Waals surface area contributed by atoms with Crippen molar-refractivity contribution in [2.24, 2.45) is 0 Å². The molecule has 166 valence electrons. The van der Waals surface area contributed by atoms with Crippen LogP contribution in [0.1, 0.15) is 41.1 Å². The number of amides is 2. The molecule has 2 amide bonds. The van der Waals surface area contributed by atoms with E-state index in [9.17, 15) is 9.59 Å². The Morgan fingerprint density at radius 3 is 2.72 bits per heavy atom. The van der Waals surface area contributed by atoms with E-state index in [4.69, 9.17) is 9.26 Å². The fourth-order valence-electron chi connectivity index (χ4n) is 4.78. The van der Waals surface area contributed by atoms with Gasteiger partial charge in [-0.05, 0) is 31.9 Å². The van der Waals surface area contributed by atoms with Gasteiger partial charge in [-0.1, -0.05) is 17.3 Å². The van der Waals surface area contributed by atoms with E-state index in [1.54, 1.807) is 30.3 Å². The maximum atomic E-state index is 13.2. The number of aromatic nitrogens is 3. The SMILES string of the molecule is COc1ccccc1C(=O)N1CCC2(CC1)CC(=O)N(Cc1cc(C)on1)c1ccnn12. The maximum absolute atomic E-state index is 13.2. The van der Waals surface area contributed by atoms with Gasteiger partial charge >= 0.3 is 0 Å². The Kier molecular flexibility index (Phi) is 4.96. The Morgan fingerprint density at radius 2 is 2.00 bits per heavy atom. The summed E-state index contributed by atoms with van der Waals surface area (Å²) in [6.45, 7) is 3.27. The van der Waals surface area contributed by atoms with Crippen LogP contribution in [0.5, 0.6) is 5.75 Å². The number of hydrogen-bond acceptors (Lipinski definition) is 6. The number of carbonyl (C=O) groups is 2. The van der Waals surface area contributed by atoms with Crippen molar-refractivity contribution in [2.75, 3.05) is 25.1 Å². The lowest BCUT2D eigenvalue weighted by Crippen LogP contribution is -2.54.